The first-order chi connectivity index (χ1) is 6.79. The van der Waals surface area contributed by atoms with Gasteiger partial charge >= 0.3 is 0 Å². The Hall–Kier alpha value is 0.370. The molecular formula is C11H16OS2. The van der Waals surface area contributed by atoms with Crippen LogP contribution in [-0.2, 0) is 0 Å². The lowest BCUT2D eigenvalue weighted by molar-refractivity contribution is 0.276. The van der Waals surface area contributed by atoms with Crippen molar-refractivity contribution in [2.75, 3.05) is 0 Å². The van der Waals surface area contributed by atoms with Gasteiger partial charge < -0.3 is 0 Å². The summed E-state index contributed by atoms with van der Waals surface area (Å²) in [6.07, 6.45) is 5.55. The highest BCUT2D eigenvalue weighted by Crippen LogP contribution is 2.62. The molecular weight excluding hydrogens is 212 g/mol. The average Bonchev–Trinajstić information content (AvgIpc) is 2.74. The number of carbonyl (C=O) groups is 1. The molecule has 1 heterocycles. The lowest BCUT2D eigenvalue weighted by atomic mass is 9.85. The van der Waals surface area contributed by atoms with E-state index in [-0.39, 0.29) is 0 Å². The predicted octanol–water partition coefficient (Wildman–Crippen LogP) is 3.78. The van der Waals surface area contributed by atoms with Crippen molar-refractivity contribution in [1.29, 1.82) is 0 Å². The van der Waals surface area contributed by atoms with Crippen LogP contribution < -0.4 is 0 Å². The first-order valence-corrected chi connectivity index (χ1v) is 7.42. The average molecular weight is 228 g/mol. The van der Waals surface area contributed by atoms with Crippen LogP contribution in [0.15, 0.2) is 0 Å². The summed E-state index contributed by atoms with van der Waals surface area (Å²) in [7, 11) is 0. The van der Waals surface area contributed by atoms with Gasteiger partial charge in [-0.2, -0.15) is 0 Å². The van der Waals surface area contributed by atoms with Crippen molar-refractivity contribution >= 4 is 28.0 Å². The Balaban J connectivity index is 1.76. The molecule has 3 heteroatoms. The fourth-order valence-corrected chi connectivity index (χ4v) is 6.94. The van der Waals surface area contributed by atoms with E-state index < -0.39 is 0 Å². The van der Waals surface area contributed by atoms with Crippen LogP contribution in [0.3, 0.4) is 0 Å². The van der Waals surface area contributed by atoms with E-state index in [9.17, 15) is 4.79 Å². The van der Waals surface area contributed by atoms with Crippen molar-refractivity contribution in [1.82, 2.24) is 0 Å². The molecule has 1 saturated heterocycles. The Kier molecular flexibility index (Phi) is 2.36. The third-order valence-electron chi connectivity index (χ3n) is 4.12. The zero-order valence-electron chi connectivity index (χ0n) is 8.44. The molecule has 2 saturated carbocycles. The lowest BCUT2D eigenvalue weighted by Gasteiger charge is -2.29. The second-order valence-electron chi connectivity index (χ2n) is 4.86. The molecule has 0 aromatic carbocycles. The summed E-state index contributed by atoms with van der Waals surface area (Å²) < 4.78 is 0.395. The topological polar surface area (TPSA) is 17.1 Å². The number of hydrogen-bond acceptors (Lipinski definition) is 3. The van der Waals surface area contributed by atoms with Gasteiger partial charge in [0.05, 0.1) is 0 Å². The van der Waals surface area contributed by atoms with Gasteiger partial charge in [-0.3, -0.25) is 4.79 Å². The summed E-state index contributed by atoms with van der Waals surface area (Å²) >= 11 is 3.30. The smallest absolute Gasteiger partial charge is 0.246 e. The van der Waals surface area contributed by atoms with Crippen LogP contribution in [0.25, 0.3) is 0 Å². The van der Waals surface area contributed by atoms with Crippen LogP contribution in [0.1, 0.15) is 32.6 Å². The summed E-state index contributed by atoms with van der Waals surface area (Å²) in [4.78, 5) is 11.4. The Labute approximate surface area is 93.8 Å². The molecule has 1 nitrogen and oxygen atoms in total. The quantitative estimate of drug-likeness (QED) is 0.716. The van der Waals surface area contributed by atoms with E-state index >= 15 is 0 Å². The van der Waals surface area contributed by atoms with Gasteiger partial charge in [0.25, 0.3) is 0 Å². The molecule has 3 rings (SSSR count). The fraction of sp³-hybridized carbons (Fsp3) is 0.909. The number of thioether (sulfide) groups is 2. The minimum absolute atomic E-state index is 0.395. The van der Waals surface area contributed by atoms with Gasteiger partial charge in [-0.25, -0.2) is 0 Å². The molecule has 3 fully saturated rings. The summed E-state index contributed by atoms with van der Waals surface area (Å²) in [5.41, 5.74) is 0. The van der Waals surface area contributed by atoms with Crippen LogP contribution in [0.4, 0.5) is 4.79 Å². The van der Waals surface area contributed by atoms with Crippen molar-refractivity contribution in [2.45, 2.75) is 43.1 Å². The second kappa shape index (κ2) is 3.44. The highest BCUT2D eigenvalue weighted by molar-refractivity contribution is 8.41. The normalized spacial score (nSPS) is 50.1. The van der Waals surface area contributed by atoms with Crippen LogP contribution in [0.2, 0.25) is 0 Å². The van der Waals surface area contributed by atoms with E-state index in [2.05, 4.69) is 6.92 Å². The van der Waals surface area contributed by atoms with E-state index in [1.165, 1.54) is 25.7 Å². The maximum absolute atomic E-state index is 11.4. The largest absolute Gasteiger partial charge is 0.274 e. The van der Waals surface area contributed by atoms with Crippen LogP contribution in [0.5, 0.6) is 0 Å². The number of fused-ring (bicyclic) bond motifs is 5. The minimum Gasteiger partial charge on any atom is -0.274 e. The van der Waals surface area contributed by atoms with Crippen LogP contribution in [-0.4, -0.2) is 14.9 Å². The Bertz CT molecular complexity index is 266. The standard InChI is InChI=1S/C11H16OS2/c1-2-3-6-4-7-5-8(6)10-9(7)13-11(12)14-10/h6-10H,2-5H2,1H3. The minimum atomic E-state index is 0.395. The summed E-state index contributed by atoms with van der Waals surface area (Å²) in [6, 6.07) is 0. The van der Waals surface area contributed by atoms with Gasteiger partial charge in [-0.15, -0.1) is 0 Å². The van der Waals surface area contributed by atoms with Gasteiger partial charge in [0.2, 0.25) is 4.45 Å². The molecule has 3 aliphatic rings. The molecule has 5 unspecified atom stereocenters. The van der Waals surface area contributed by atoms with Gasteiger partial charge in [0.1, 0.15) is 0 Å². The van der Waals surface area contributed by atoms with Gasteiger partial charge in [0, 0.05) is 10.5 Å². The number of rotatable bonds is 2. The van der Waals surface area contributed by atoms with E-state index in [0.29, 0.717) is 14.9 Å². The lowest BCUT2D eigenvalue weighted by Crippen LogP contribution is -2.29. The maximum Gasteiger partial charge on any atom is 0.246 e. The Morgan fingerprint density at radius 2 is 2.07 bits per heavy atom. The molecule has 0 amide bonds. The monoisotopic (exact) mass is 228 g/mol. The zero-order valence-corrected chi connectivity index (χ0v) is 10.1. The van der Waals surface area contributed by atoms with Gasteiger partial charge in [0.15, 0.2) is 0 Å². The molecule has 78 valence electrons. The van der Waals surface area contributed by atoms with E-state index in [1.54, 1.807) is 23.5 Å². The molecule has 0 aromatic heterocycles. The number of hydrogen-bond donors (Lipinski definition) is 0. The molecule has 2 bridgehead atoms. The predicted molar refractivity (Wildman–Crippen MR) is 62.8 cm³/mol. The molecule has 5 atom stereocenters. The first-order valence-electron chi connectivity index (χ1n) is 5.67. The van der Waals surface area contributed by atoms with Crippen molar-refractivity contribution in [2.24, 2.45) is 17.8 Å². The number of carbonyl (C=O) groups excluding carboxylic acids is 1. The third-order valence-corrected chi connectivity index (χ3v) is 7.12. The van der Waals surface area contributed by atoms with Crippen molar-refractivity contribution in [3.63, 3.8) is 0 Å². The summed E-state index contributed by atoms with van der Waals surface area (Å²) in [5, 5.41) is 1.40. The molecule has 0 N–H and O–H groups in total. The highest BCUT2D eigenvalue weighted by Gasteiger charge is 2.56. The molecule has 0 radical (unpaired) electrons. The summed E-state index contributed by atoms with van der Waals surface area (Å²) in [5.74, 6) is 2.71. The maximum atomic E-state index is 11.4. The van der Waals surface area contributed by atoms with E-state index in [0.717, 1.165) is 17.8 Å². The van der Waals surface area contributed by atoms with Crippen molar-refractivity contribution in [3.05, 3.63) is 0 Å². The Morgan fingerprint density at radius 3 is 2.86 bits per heavy atom. The first kappa shape index (κ1) is 9.59. The SMILES string of the molecule is CCCC1CC2CC1C1SC(=O)SC21. The van der Waals surface area contributed by atoms with Crippen LogP contribution >= 0.6 is 23.5 Å². The molecule has 2 aliphatic carbocycles. The van der Waals surface area contributed by atoms with Crippen molar-refractivity contribution < 1.29 is 4.79 Å². The van der Waals surface area contributed by atoms with E-state index in [1.807, 2.05) is 0 Å². The molecule has 1 aliphatic heterocycles. The van der Waals surface area contributed by atoms with E-state index in [4.69, 9.17) is 0 Å². The van der Waals surface area contributed by atoms with Gasteiger partial charge in [-0.1, -0.05) is 43.3 Å². The third kappa shape index (κ3) is 1.28. The molecule has 14 heavy (non-hydrogen) atoms. The molecule has 0 aromatic rings. The second-order valence-corrected chi connectivity index (χ2v) is 7.42. The molecule has 0 spiro atoms. The van der Waals surface area contributed by atoms with Crippen LogP contribution in [0, 0.1) is 17.8 Å². The Morgan fingerprint density at radius 1 is 1.29 bits per heavy atom. The summed E-state index contributed by atoms with van der Waals surface area (Å²) in [6.45, 7) is 2.28. The van der Waals surface area contributed by atoms with Crippen molar-refractivity contribution in [3.8, 4) is 0 Å². The zero-order chi connectivity index (χ0) is 9.71. The fourth-order valence-electron chi connectivity index (χ4n) is 3.65. The van der Waals surface area contributed by atoms with Gasteiger partial charge in [-0.05, 0) is 30.6 Å². The highest BCUT2D eigenvalue weighted by atomic mass is 32.2.